The molecule has 0 aliphatic carbocycles. The van der Waals surface area contributed by atoms with E-state index in [0.29, 0.717) is 18.0 Å². The van der Waals surface area contributed by atoms with Gasteiger partial charge in [0.1, 0.15) is 18.2 Å². The Labute approximate surface area is 219 Å². The van der Waals surface area contributed by atoms with Crippen molar-refractivity contribution in [2.45, 2.75) is 31.9 Å². The number of β-lactam (4-membered cyclic amide) rings is 1. The maximum atomic E-state index is 14.8. The van der Waals surface area contributed by atoms with Crippen molar-refractivity contribution in [1.29, 1.82) is 0 Å². The third-order valence-corrected chi connectivity index (χ3v) is 7.17. The zero-order chi connectivity index (χ0) is 24.9. The Bertz CT molecular complexity index is 1330. The highest BCUT2D eigenvalue weighted by atomic mass is 79.9. The average molecular weight is 544 g/mol. The number of rotatable bonds is 9. The Morgan fingerprint density at radius 2 is 1.50 bits per heavy atom. The summed E-state index contributed by atoms with van der Waals surface area (Å²) in [6, 6.07) is 32.3. The third kappa shape index (κ3) is 5.21. The topological polar surface area (TPSA) is 29.5 Å². The van der Waals surface area contributed by atoms with E-state index >= 15 is 0 Å². The molecule has 1 heterocycles. The van der Waals surface area contributed by atoms with Crippen molar-refractivity contribution in [2.24, 2.45) is 5.92 Å². The number of benzene rings is 4. The van der Waals surface area contributed by atoms with Crippen molar-refractivity contribution in [3.05, 3.63) is 130 Å². The van der Waals surface area contributed by atoms with Gasteiger partial charge in [0.25, 0.3) is 0 Å². The fourth-order valence-electron chi connectivity index (χ4n) is 4.89. The maximum absolute atomic E-state index is 14.8. The highest BCUT2D eigenvalue weighted by molar-refractivity contribution is 9.10. The number of para-hydroxylation sites is 1. The van der Waals surface area contributed by atoms with E-state index in [-0.39, 0.29) is 17.9 Å². The lowest BCUT2D eigenvalue weighted by Gasteiger charge is -2.48. The molecule has 0 N–H and O–H groups in total. The van der Waals surface area contributed by atoms with Gasteiger partial charge in [-0.25, -0.2) is 4.39 Å². The third-order valence-electron chi connectivity index (χ3n) is 6.68. The van der Waals surface area contributed by atoms with E-state index in [1.165, 1.54) is 11.6 Å². The van der Waals surface area contributed by atoms with Crippen molar-refractivity contribution in [3.8, 4) is 5.75 Å². The van der Waals surface area contributed by atoms with Crippen LogP contribution in [-0.2, 0) is 17.8 Å². The smallest absolute Gasteiger partial charge is 0.233 e. The molecular formula is C31H27BrFNO2. The Morgan fingerprint density at radius 1 is 0.833 bits per heavy atom. The molecule has 1 saturated heterocycles. The number of hydrogen-bond donors (Lipinski definition) is 0. The van der Waals surface area contributed by atoms with E-state index in [1.54, 1.807) is 23.1 Å². The van der Waals surface area contributed by atoms with Crippen LogP contribution in [-0.4, -0.2) is 5.91 Å². The van der Waals surface area contributed by atoms with E-state index in [1.807, 2.05) is 66.7 Å². The van der Waals surface area contributed by atoms with E-state index in [2.05, 4.69) is 28.1 Å². The molecule has 4 aromatic carbocycles. The van der Waals surface area contributed by atoms with Gasteiger partial charge in [0.05, 0.1) is 17.6 Å². The van der Waals surface area contributed by atoms with Crippen LogP contribution in [0.2, 0.25) is 0 Å². The molecule has 0 unspecified atom stereocenters. The monoisotopic (exact) mass is 543 g/mol. The number of carbonyl (C=O) groups excluding carboxylic acids is 1. The molecule has 5 heteroatoms. The van der Waals surface area contributed by atoms with Gasteiger partial charge in [-0.05, 0) is 54.7 Å². The van der Waals surface area contributed by atoms with Crippen LogP contribution < -0.4 is 9.64 Å². The van der Waals surface area contributed by atoms with E-state index in [0.717, 1.165) is 34.9 Å². The quantitative estimate of drug-likeness (QED) is 0.201. The number of halogens is 2. The molecule has 182 valence electrons. The van der Waals surface area contributed by atoms with Crippen molar-refractivity contribution < 1.29 is 13.9 Å². The Morgan fingerprint density at radius 3 is 2.22 bits per heavy atom. The molecule has 0 saturated carbocycles. The molecule has 1 aliphatic heterocycles. The number of amides is 1. The molecule has 3 nitrogen and oxygen atoms in total. The summed E-state index contributed by atoms with van der Waals surface area (Å²) in [7, 11) is 0. The van der Waals surface area contributed by atoms with Gasteiger partial charge in [0.15, 0.2) is 0 Å². The van der Waals surface area contributed by atoms with Crippen LogP contribution in [0.1, 0.15) is 35.6 Å². The zero-order valence-corrected chi connectivity index (χ0v) is 21.4. The van der Waals surface area contributed by atoms with E-state index in [9.17, 15) is 9.18 Å². The summed E-state index contributed by atoms with van der Waals surface area (Å²) in [6.45, 7) is 0.406. The summed E-state index contributed by atoms with van der Waals surface area (Å²) in [6.07, 6.45) is 2.49. The molecule has 1 aliphatic rings. The van der Waals surface area contributed by atoms with Crippen molar-refractivity contribution in [2.75, 3.05) is 4.90 Å². The normalized spacial score (nSPS) is 17.1. The number of ether oxygens (including phenoxy) is 1. The predicted molar refractivity (Wildman–Crippen MR) is 144 cm³/mol. The minimum atomic E-state index is -0.401. The summed E-state index contributed by atoms with van der Waals surface area (Å²) >= 11 is 3.56. The summed E-state index contributed by atoms with van der Waals surface area (Å²) in [5.41, 5.74) is 3.51. The number of anilines is 1. The SMILES string of the molecule is O=C1[C@H](CCCc2ccccc2)[C@@H](c2ccc(Br)cc2OCc2ccccc2)N1c1ccccc1F. The summed E-state index contributed by atoms with van der Waals surface area (Å²) in [4.78, 5) is 15.0. The van der Waals surface area contributed by atoms with Crippen LogP contribution in [0.3, 0.4) is 0 Å². The van der Waals surface area contributed by atoms with Gasteiger partial charge >= 0.3 is 0 Å². The molecular weight excluding hydrogens is 517 g/mol. The van der Waals surface area contributed by atoms with Gasteiger partial charge in [0, 0.05) is 10.0 Å². The largest absolute Gasteiger partial charge is 0.489 e. The lowest BCUT2D eigenvalue weighted by molar-refractivity contribution is -0.130. The van der Waals surface area contributed by atoms with Crippen LogP contribution in [0.25, 0.3) is 0 Å². The Hall–Kier alpha value is -3.44. The van der Waals surface area contributed by atoms with Crippen LogP contribution in [0.5, 0.6) is 5.75 Å². The second kappa shape index (κ2) is 11.1. The molecule has 1 fully saturated rings. The first-order valence-corrected chi connectivity index (χ1v) is 13.0. The fraction of sp³-hybridized carbons (Fsp3) is 0.194. The van der Waals surface area contributed by atoms with Crippen molar-refractivity contribution in [1.82, 2.24) is 0 Å². The van der Waals surface area contributed by atoms with Gasteiger partial charge in [-0.3, -0.25) is 4.79 Å². The first-order valence-electron chi connectivity index (χ1n) is 12.2. The van der Waals surface area contributed by atoms with Crippen LogP contribution in [0, 0.1) is 11.7 Å². The fourth-order valence-corrected chi connectivity index (χ4v) is 5.23. The number of carbonyl (C=O) groups is 1. The molecule has 0 bridgehead atoms. The lowest BCUT2D eigenvalue weighted by atomic mass is 9.78. The minimum Gasteiger partial charge on any atom is -0.489 e. The van der Waals surface area contributed by atoms with Crippen LogP contribution in [0.4, 0.5) is 10.1 Å². The number of hydrogen-bond acceptors (Lipinski definition) is 2. The minimum absolute atomic E-state index is 0.0462. The summed E-state index contributed by atoms with van der Waals surface area (Å²) in [5.74, 6) is 0.00577. The standard InChI is InChI=1S/C31H27BrFNO2/c32-24-18-19-25(29(20-24)36-21-23-12-5-2-6-13-23)30-26(15-9-14-22-10-3-1-4-11-22)31(35)34(30)28-17-8-7-16-27(28)33/h1-8,10-13,16-20,26,30H,9,14-15,21H2/t26-,30-/m1/s1. The van der Waals surface area contributed by atoms with Crippen LogP contribution >= 0.6 is 15.9 Å². The zero-order valence-electron chi connectivity index (χ0n) is 19.8. The maximum Gasteiger partial charge on any atom is 0.233 e. The van der Waals surface area contributed by atoms with Gasteiger partial charge < -0.3 is 9.64 Å². The highest BCUT2D eigenvalue weighted by Gasteiger charge is 2.50. The molecule has 36 heavy (non-hydrogen) atoms. The number of nitrogens with zero attached hydrogens (tertiary/aromatic N) is 1. The van der Waals surface area contributed by atoms with Crippen molar-refractivity contribution >= 4 is 27.5 Å². The van der Waals surface area contributed by atoms with Gasteiger partial charge in [-0.2, -0.15) is 0 Å². The van der Waals surface area contributed by atoms with E-state index in [4.69, 9.17) is 4.74 Å². The van der Waals surface area contributed by atoms with Gasteiger partial charge in [-0.15, -0.1) is 0 Å². The van der Waals surface area contributed by atoms with Gasteiger partial charge in [0.2, 0.25) is 5.91 Å². The second-order valence-electron chi connectivity index (χ2n) is 9.05. The number of aryl methyl sites for hydroxylation is 1. The molecule has 0 spiro atoms. The first kappa shape index (κ1) is 24.3. The molecule has 4 aromatic rings. The Balaban J connectivity index is 1.44. The molecule has 0 aromatic heterocycles. The average Bonchev–Trinajstić information content (AvgIpc) is 2.91. The molecule has 1 amide bonds. The Kier molecular flexibility index (Phi) is 7.47. The summed E-state index contributed by atoms with van der Waals surface area (Å²) in [5, 5.41) is 0. The first-order chi connectivity index (χ1) is 17.6. The van der Waals surface area contributed by atoms with E-state index < -0.39 is 5.82 Å². The second-order valence-corrected chi connectivity index (χ2v) is 9.96. The molecule has 0 radical (unpaired) electrons. The predicted octanol–water partition coefficient (Wildman–Crippen LogP) is 7.89. The van der Waals surface area contributed by atoms with Crippen molar-refractivity contribution in [3.63, 3.8) is 0 Å². The summed E-state index contributed by atoms with van der Waals surface area (Å²) < 4.78 is 22.0. The lowest BCUT2D eigenvalue weighted by Crippen LogP contribution is -2.55. The van der Waals surface area contributed by atoms with Gasteiger partial charge in [-0.1, -0.05) is 94.8 Å². The van der Waals surface area contributed by atoms with Crippen LogP contribution in [0.15, 0.2) is 108 Å². The highest BCUT2D eigenvalue weighted by Crippen LogP contribution is 2.49. The molecule has 2 atom stereocenters. The molecule has 5 rings (SSSR count).